The molecule has 16 heavy (non-hydrogen) atoms. The lowest BCUT2D eigenvalue weighted by molar-refractivity contribution is 0.207. The summed E-state index contributed by atoms with van der Waals surface area (Å²) in [5, 5.41) is 4.82. The van der Waals surface area contributed by atoms with Gasteiger partial charge in [-0.2, -0.15) is 0 Å². The molecule has 1 aromatic carbocycles. The minimum Gasteiger partial charge on any atom is -0.305 e. The Morgan fingerprint density at radius 1 is 1.38 bits per heavy atom. The Balaban J connectivity index is 1.74. The van der Waals surface area contributed by atoms with Crippen LogP contribution in [0.25, 0.3) is 10.2 Å². The van der Waals surface area contributed by atoms with Crippen molar-refractivity contribution in [1.29, 1.82) is 0 Å². The summed E-state index contributed by atoms with van der Waals surface area (Å²) in [6.07, 6.45) is 3.97. The third kappa shape index (κ3) is 1.85. The van der Waals surface area contributed by atoms with Crippen LogP contribution in [-0.2, 0) is 6.54 Å². The normalized spacial score (nSPS) is 18.6. The number of nitrogens with one attached hydrogen (secondary N) is 1. The summed E-state index contributed by atoms with van der Waals surface area (Å²) in [4.78, 5) is 4.63. The molecule has 84 valence electrons. The van der Waals surface area contributed by atoms with Gasteiger partial charge in [0.15, 0.2) is 0 Å². The van der Waals surface area contributed by atoms with Gasteiger partial charge in [0.2, 0.25) is 0 Å². The van der Waals surface area contributed by atoms with Gasteiger partial charge in [0, 0.05) is 12.1 Å². The maximum absolute atomic E-state index is 4.63. The first-order chi connectivity index (χ1) is 7.75. The Hall–Kier alpha value is -0.930. The zero-order valence-corrected chi connectivity index (χ0v) is 10.3. The fraction of sp³-hybridized carbons (Fsp3) is 0.462. The monoisotopic (exact) mass is 232 g/mol. The van der Waals surface area contributed by atoms with E-state index >= 15 is 0 Å². The number of rotatable bonds is 3. The van der Waals surface area contributed by atoms with Crippen molar-refractivity contribution in [2.24, 2.45) is 0 Å². The summed E-state index contributed by atoms with van der Waals surface area (Å²) >= 11 is 1.80. The van der Waals surface area contributed by atoms with E-state index in [1.54, 1.807) is 11.3 Å². The molecule has 2 nitrogen and oxygen atoms in total. The number of hydrogen-bond donors (Lipinski definition) is 1. The Bertz CT molecular complexity index is 466. The molecule has 3 heteroatoms. The van der Waals surface area contributed by atoms with Crippen LogP contribution in [0.5, 0.6) is 0 Å². The quantitative estimate of drug-likeness (QED) is 0.878. The molecule has 3 rings (SSSR count). The molecule has 2 aromatic rings. The summed E-state index contributed by atoms with van der Waals surface area (Å²) in [5.74, 6) is 0. The van der Waals surface area contributed by atoms with Crippen LogP contribution in [0.3, 0.4) is 0 Å². The number of nitrogens with zero attached hydrogens (tertiary/aromatic N) is 1. The van der Waals surface area contributed by atoms with Crippen molar-refractivity contribution in [2.45, 2.75) is 38.3 Å². The molecular formula is C13H16N2S. The molecule has 1 saturated carbocycles. The zero-order valence-electron chi connectivity index (χ0n) is 9.49. The summed E-state index contributed by atoms with van der Waals surface area (Å²) in [6.45, 7) is 3.22. The molecule has 1 N–H and O–H groups in total. The van der Waals surface area contributed by atoms with Crippen LogP contribution >= 0.6 is 11.3 Å². The summed E-state index contributed by atoms with van der Waals surface area (Å²) in [6, 6.07) is 8.35. The second kappa shape index (κ2) is 3.82. The predicted molar refractivity (Wildman–Crippen MR) is 68.7 cm³/mol. The zero-order chi connectivity index (χ0) is 11.0. The van der Waals surface area contributed by atoms with Gasteiger partial charge in [0.25, 0.3) is 0 Å². The van der Waals surface area contributed by atoms with Crippen molar-refractivity contribution in [2.75, 3.05) is 0 Å². The molecule has 0 atom stereocenters. The van der Waals surface area contributed by atoms with E-state index in [2.05, 4.69) is 35.4 Å². The Labute approximate surface area is 99.7 Å². The molecule has 0 radical (unpaired) electrons. The van der Waals surface area contributed by atoms with Gasteiger partial charge in [-0.1, -0.05) is 12.1 Å². The van der Waals surface area contributed by atoms with Crippen LogP contribution in [0.1, 0.15) is 31.2 Å². The lowest BCUT2D eigenvalue weighted by Crippen LogP contribution is -2.47. The smallest absolute Gasteiger partial charge is 0.108 e. The molecule has 0 amide bonds. The molecule has 1 aliphatic carbocycles. The van der Waals surface area contributed by atoms with Crippen molar-refractivity contribution in [3.63, 3.8) is 0 Å². The molecular weight excluding hydrogens is 216 g/mol. The van der Waals surface area contributed by atoms with Gasteiger partial charge in [0.05, 0.1) is 10.2 Å². The van der Waals surface area contributed by atoms with E-state index in [1.165, 1.54) is 29.0 Å². The van der Waals surface area contributed by atoms with Gasteiger partial charge >= 0.3 is 0 Å². The van der Waals surface area contributed by atoms with Crippen molar-refractivity contribution in [3.8, 4) is 0 Å². The minimum absolute atomic E-state index is 0.373. The molecule has 0 aliphatic heterocycles. The molecule has 0 bridgehead atoms. The highest BCUT2D eigenvalue weighted by Crippen LogP contribution is 2.31. The van der Waals surface area contributed by atoms with Crippen molar-refractivity contribution in [1.82, 2.24) is 10.3 Å². The predicted octanol–water partition coefficient (Wildman–Crippen LogP) is 3.33. The highest BCUT2D eigenvalue weighted by Gasteiger charge is 2.30. The van der Waals surface area contributed by atoms with E-state index in [1.807, 2.05) is 6.07 Å². The Morgan fingerprint density at radius 3 is 2.88 bits per heavy atom. The van der Waals surface area contributed by atoms with Gasteiger partial charge in [-0.3, -0.25) is 0 Å². The number of fused-ring (bicyclic) bond motifs is 1. The first kappa shape index (κ1) is 10.2. The number of thiazole rings is 1. The summed E-state index contributed by atoms with van der Waals surface area (Å²) in [7, 11) is 0. The van der Waals surface area contributed by atoms with Crippen LogP contribution < -0.4 is 5.32 Å². The van der Waals surface area contributed by atoms with Gasteiger partial charge in [-0.15, -0.1) is 11.3 Å². The fourth-order valence-corrected chi connectivity index (χ4v) is 3.08. The number of hydrogen-bond acceptors (Lipinski definition) is 3. The van der Waals surface area contributed by atoms with Crippen LogP contribution in [0.2, 0.25) is 0 Å². The van der Waals surface area contributed by atoms with Gasteiger partial charge < -0.3 is 5.32 Å². The van der Waals surface area contributed by atoms with E-state index < -0.39 is 0 Å². The topological polar surface area (TPSA) is 24.9 Å². The number of benzene rings is 1. The molecule has 0 spiro atoms. The van der Waals surface area contributed by atoms with Crippen LogP contribution in [0.15, 0.2) is 24.3 Å². The number of para-hydroxylation sites is 1. The summed E-state index contributed by atoms with van der Waals surface area (Å²) in [5.41, 5.74) is 1.50. The second-order valence-corrected chi connectivity index (χ2v) is 5.96. The van der Waals surface area contributed by atoms with Gasteiger partial charge in [0.1, 0.15) is 5.01 Å². The molecule has 0 saturated heterocycles. The Kier molecular flexibility index (Phi) is 2.45. The van der Waals surface area contributed by atoms with Crippen molar-refractivity contribution in [3.05, 3.63) is 29.3 Å². The number of aromatic nitrogens is 1. The third-order valence-corrected chi connectivity index (χ3v) is 4.50. The minimum atomic E-state index is 0.373. The third-order valence-electron chi connectivity index (χ3n) is 3.46. The van der Waals surface area contributed by atoms with E-state index in [9.17, 15) is 0 Å². The maximum Gasteiger partial charge on any atom is 0.108 e. The average Bonchev–Trinajstić information content (AvgIpc) is 2.66. The average molecular weight is 232 g/mol. The van der Waals surface area contributed by atoms with E-state index in [0.717, 1.165) is 12.1 Å². The standard InChI is InChI=1S/C13H16N2S/c1-13(7-4-8-13)14-9-12-15-10-5-2-3-6-11(10)16-12/h2-3,5-6,14H,4,7-9H2,1H3. The molecule has 1 aromatic heterocycles. The maximum atomic E-state index is 4.63. The second-order valence-electron chi connectivity index (χ2n) is 4.84. The van der Waals surface area contributed by atoms with Gasteiger partial charge in [-0.05, 0) is 38.3 Å². The first-order valence-corrected chi connectivity index (χ1v) is 6.66. The van der Waals surface area contributed by atoms with Crippen molar-refractivity contribution < 1.29 is 0 Å². The largest absolute Gasteiger partial charge is 0.305 e. The summed E-state index contributed by atoms with van der Waals surface area (Å²) < 4.78 is 1.29. The van der Waals surface area contributed by atoms with Gasteiger partial charge in [-0.25, -0.2) is 4.98 Å². The lowest BCUT2D eigenvalue weighted by Gasteiger charge is -2.39. The van der Waals surface area contributed by atoms with Crippen LogP contribution in [-0.4, -0.2) is 10.5 Å². The molecule has 1 fully saturated rings. The van der Waals surface area contributed by atoms with Crippen LogP contribution in [0, 0.1) is 0 Å². The highest BCUT2D eigenvalue weighted by atomic mass is 32.1. The molecule has 0 unspecified atom stereocenters. The Morgan fingerprint density at radius 2 is 2.19 bits per heavy atom. The van der Waals surface area contributed by atoms with E-state index in [4.69, 9.17) is 0 Å². The highest BCUT2D eigenvalue weighted by molar-refractivity contribution is 7.18. The SMILES string of the molecule is CC1(NCc2nc3ccccc3s2)CCC1. The lowest BCUT2D eigenvalue weighted by atomic mass is 9.78. The van der Waals surface area contributed by atoms with E-state index in [-0.39, 0.29) is 0 Å². The van der Waals surface area contributed by atoms with Crippen molar-refractivity contribution >= 4 is 21.6 Å². The molecule has 1 aliphatic rings. The first-order valence-electron chi connectivity index (χ1n) is 5.85. The molecule has 1 heterocycles. The fourth-order valence-electron chi connectivity index (χ4n) is 2.17. The van der Waals surface area contributed by atoms with E-state index in [0.29, 0.717) is 5.54 Å². The van der Waals surface area contributed by atoms with Crippen LogP contribution in [0.4, 0.5) is 0 Å².